The molecule has 0 aromatic heterocycles. The van der Waals surface area contributed by atoms with E-state index in [0.717, 1.165) is 24.8 Å². The molecule has 90 valence electrons. The van der Waals surface area contributed by atoms with Crippen LogP contribution in [0, 0.1) is 5.92 Å². The van der Waals surface area contributed by atoms with Crippen molar-refractivity contribution in [2.24, 2.45) is 5.92 Å². The van der Waals surface area contributed by atoms with E-state index in [2.05, 4.69) is 0 Å². The Morgan fingerprint density at radius 1 is 1.29 bits per heavy atom. The first-order valence-electron chi connectivity index (χ1n) is 5.77. The molecule has 2 atom stereocenters. The van der Waals surface area contributed by atoms with Gasteiger partial charge in [-0.05, 0) is 30.5 Å². The lowest BCUT2D eigenvalue weighted by Crippen LogP contribution is -2.33. The third kappa shape index (κ3) is 1.50. The van der Waals surface area contributed by atoms with Crippen molar-refractivity contribution in [2.75, 3.05) is 6.61 Å². The number of halogens is 2. The number of fused-ring (bicyclic) bond motifs is 1. The Balaban J connectivity index is 2.12. The van der Waals surface area contributed by atoms with Crippen LogP contribution in [0.15, 0.2) is 18.2 Å². The van der Waals surface area contributed by atoms with Gasteiger partial charge in [-0.3, -0.25) is 4.79 Å². The van der Waals surface area contributed by atoms with Gasteiger partial charge in [-0.15, -0.1) is 0 Å². The highest BCUT2D eigenvalue weighted by atomic mass is 35.5. The van der Waals surface area contributed by atoms with Gasteiger partial charge in [0.2, 0.25) is 0 Å². The molecule has 17 heavy (non-hydrogen) atoms. The molecule has 1 aliphatic heterocycles. The Hall–Kier alpha value is -0.730. The zero-order valence-electron chi connectivity index (χ0n) is 9.21. The fraction of sp³-hybridized carbons (Fsp3) is 0.462. The number of carbonyl (C=O) groups is 1. The first-order valence-corrected chi connectivity index (χ1v) is 6.53. The molecular formula is C13H12Cl2O2. The molecule has 0 bridgehead atoms. The molecule has 1 saturated heterocycles. The average Bonchev–Trinajstić information content (AvgIpc) is 2.85. The summed E-state index contributed by atoms with van der Waals surface area (Å²) >= 11 is 12.0. The fourth-order valence-electron chi connectivity index (χ4n) is 3.15. The van der Waals surface area contributed by atoms with E-state index >= 15 is 0 Å². The van der Waals surface area contributed by atoms with E-state index in [1.165, 1.54) is 0 Å². The van der Waals surface area contributed by atoms with Crippen molar-refractivity contribution in [3.05, 3.63) is 33.8 Å². The second kappa shape index (κ2) is 3.89. The Labute approximate surface area is 110 Å². The number of ether oxygens (including phenoxy) is 1. The standard InChI is InChI=1S/C13H12Cl2O2/c14-10-4-3-8(6-11(10)15)13-5-1-2-9(13)7-17-12(13)16/h3-4,6,9H,1-2,5,7H2/t9-,13?/m0/s1. The van der Waals surface area contributed by atoms with Crippen molar-refractivity contribution in [2.45, 2.75) is 24.7 Å². The van der Waals surface area contributed by atoms with Gasteiger partial charge in [-0.25, -0.2) is 0 Å². The van der Waals surface area contributed by atoms with Crippen molar-refractivity contribution in [1.82, 2.24) is 0 Å². The molecule has 1 unspecified atom stereocenters. The normalized spacial score (nSPS) is 31.4. The van der Waals surface area contributed by atoms with Crippen molar-refractivity contribution >= 4 is 29.2 Å². The Bertz CT molecular complexity index is 486. The summed E-state index contributed by atoms with van der Waals surface area (Å²) in [5.74, 6) is 0.200. The number of carbonyl (C=O) groups excluding carboxylic acids is 1. The molecule has 0 radical (unpaired) electrons. The number of rotatable bonds is 1. The van der Waals surface area contributed by atoms with Crippen LogP contribution in [0.3, 0.4) is 0 Å². The predicted octanol–water partition coefficient (Wildman–Crippen LogP) is 3.59. The number of esters is 1. The van der Waals surface area contributed by atoms with E-state index in [1.54, 1.807) is 6.07 Å². The molecule has 2 fully saturated rings. The highest BCUT2D eigenvalue weighted by Crippen LogP contribution is 2.51. The number of hydrogen-bond acceptors (Lipinski definition) is 2. The summed E-state index contributed by atoms with van der Waals surface area (Å²) < 4.78 is 5.23. The maximum atomic E-state index is 12.1. The van der Waals surface area contributed by atoms with Crippen LogP contribution in [0.4, 0.5) is 0 Å². The summed E-state index contributed by atoms with van der Waals surface area (Å²) in [4.78, 5) is 12.1. The summed E-state index contributed by atoms with van der Waals surface area (Å²) in [6.07, 6.45) is 2.97. The number of hydrogen-bond donors (Lipinski definition) is 0. The van der Waals surface area contributed by atoms with Crippen LogP contribution in [0.1, 0.15) is 24.8 Å². The molecule has 2 nitrogen and oxygen atoms in total. The number of benzene rings is 1. The summed E-state index contributed by atoms with van der Waals surface area (Å²) in [5.41, 5.74) is 0.491. The van der Waals surface area contributed by atoms with Gasteiger partial charge >= 0.3 is 5.97 Å². The van der Waals surface area contributed by atoms with E-state index in [1.807, 2.05) is 12.1 Å². The van der Waals surface area contributed by atoms with Crippen molar-refractivity contribution in [3.63, 3.8) is 0 Å². The van der Waals surface area contributed by atoms with Crippen molar-refractivity contribution in [3.8, 4) is 0 Å². The molecule has 0 spiro atoms. The van der Waals surface area contributed by atoms with E-state index in [0.29, 0.717) is 22.6 Å². The third-order valence-electron chi connectivity index (χ3n) is 4.04. The Morgan fingerprint density at radius 3 is 2.88 bits per heavy atom. The topological polar surface area (TPSA) is 26.3 Å². The van der Waals surface area contributed by atoms with Gasteiger partial charge in [-0.2, -0.15) is 0 Å². The minimum absolute atomic E-state index is 0.0987. The van der Waals surface area contributed by atoms with Gasteiger partial charge in [0.1, 0.15) is 0 Å². The summed E-state index contributed by atoms with van der Waals surface area (Å²) in [5, 5.41) is 1.02. The largest absolute Gasteiger partial charge is 0.465 e. The molecular weight excluding hydrogens is 259 g/mol. The monoisotopic (exact) mass is 270 g/mol. The molecule has 1 aliphatic carbocycles. The molecule has 1 saturated carbocycles. The highest BCUT2D eigenvalue weighted by Gasteiger charge is 2.56. The second-order valence-electron chi connectivity index (χ2n) is 4.79. The molecule has 3 rings (SSSR count). The van der Waals surface area contributed by atoms with Gasteiger partial charge in [0.15, 0.2) is 0 Å². The SMILES string of the molecule is O=C1OC[C@@H]2CCCC12c1ccc(Cl)c(Cl)c1. The Morgan fingerprint density at radius 2 is 2.12 bits per heavy atom. The van der Waals surface area contributed by atoms with E-state index in [-0.39, 0.29) is 5.97 Å². The minimum atomic E-state index is -0.464. The third-order valence-corrected chi connectivity index (χ3v) is 4.77. The lowest BCUT2D eigenvalue weighted by atomic mass is 9.74. The first kappa shape index (κ1) is 11.4. The summed E-state index contributed by atoms with van der Waals surface area (Å²) in [7, 11) is 0. The van der Waals surface area contributed by atoms with Gasteiger partial charge in [0, 0.05) is 5.92 Å². The van der Waals surface area contributed by atoms with Gasteiger partial charge in [-0.1, -0.05) is 35.7 Å². The van der Waals surface area contributed by atoms with Crippen LogP contribution in [0.2, 0.25) is 10.0 Å². The van der Waals surface area contributed by atoms with Crippen LogP contribution in [-0.4, -0.2) is 12.6 Å². The van der Waals surface area contributed by atoms with Crippen LogP contribution in [0.25, 0.3) is 0 Å². The summed E-state index contributed by atoms with van der Waals surface area (Å²) in [6, 6.07) is 5.48. The molecule has 0 N–H and O–H groups in total. The molecule has 1 aromatic carbocycles. The predicted molar refractivity (Wildman–Crippen MR) is 66.4 cm³/mol. The van der Waals surface area contributed by atoms with Gasteiger partial charge < -0.3 is 4.74 Å². The van der Waals surface area contributed by atoms with E-state index in [9.17, 15) is 4.79 Å². The smallest absolute Gasteiger partial charge is 0.316 e. The minimum Gasteiger partial charge on any atom is -0.465 e. The van der Waals surface area contributed by atoms with Crippen molar-refractivity contribution < 1.29 is 9.53 Å². The zero-order chi connectivity index (χ0) is 12.0. The molecule has 2 aliphatic rings. The quantitative estimate of drug-likeness (QED) is 0.729. The maximum absolute atomic E-state index is 12.1. The fourth-order valence-corrected chi connectivity index (χ4v) is 3.45. The zero-order valence-corrected chi connectivity index (χ0v) is 10.7. The van der Waals surface area contributed by atoms with Crippen molar-refractivity contribution in [1.29, 1.82) is 0 Å². The summed E-state index contributed by atoms with van der Waals surface area (Å²) in [6.45, 7) is 0.541. The van der Waals surface area contributed by atoms with Crippen LogP contribution < -0.4 is 0 Å². The molecule has 4 heteroatoms. The first-order chi connectivity index (χ1) is 8.14. The van der Waals surface area contributed by atoms with E-state index in [4.69, 9.17) is 27.9 Å². The lowest BCUT2D eigenvalue weighted by molar-refractivity contribution is -0.142. The average molecular weight is 271 g/mol. The van der Waals surface area contributed by atoms with Crippen LogP contribution >= 0.6 is 23.2 Å². The van der Waals surface area contributed by atoms with Crippen LogP contribution in [0.5, 0.6) is 0 Å². The van der Waals surface area contributed by atoms with Crippen LogP contribution in [-0.2, 0) is 14.9 Å². The van der Waals surface area contributed by atoms with Gasteiger partial charge in [0.25, 0.3) is 0 Å². The second-order valence-corrected chi connectivity index (χ2v) is 5.60. The van der Waals surface area contributed by atoms with Gasteiger partial charge in [0.05, 0.1) is 22.1 Å². The Kier molecular flexibility index (Phi) is 2.60. The molecule has 0 amide bonds. The molecule has 1 heterocycles. The molecule has 1 aromatic rings. The van der Waals surface area contributed by atoms with E-state index < -0.39 is 5.41 Å². The maximum Gasteiger partial charge on any atom is 0.316 e. The lowest BCUT2D eigenvalue weighted by Gasteiger charge is -2.25. The highest BCUT2D eigenvalue weighted by molar-refractivity contribution is 6.42. The number of cyclic esters (lactones) is 1.